The fraction of sp³-hybridized carbons (Fsp3) is 0.0909. The van der Waals surface area contributed by atoms with E-state index in [0.29, 0.717) is 0 Å². The fourth-order valence-electron chi connectivity index (χ4n) is 1.25. The first-order chi connectivity index (χ1) is 6.79. The van der Waals surface area contributed by atoms with Crippen LogP contribution >= 0.6 is 22.6 Å². The van der Waals surface area contributed by atoms with Crippen LogP contribution in [-0.2, 0) is 0 Å². The Kier molecular flexibility index (Phi) is 2.86. The summed E-state index contributed by atoms with van der Waals surface area (Å²) >= 11 is 2.29. The average molecular weight is 297 g/mol. The van der Waals surface area contributed by atoms with Crippen molar-refractivity contribution < 1.29 is 0 Å². The Hall–Kier alpha value is -0.840. The highest BCUT2D eigenvalue weighted by Crippen LogP contribution is 2.18. The normalized spacial score (nSPS) is 10.4. The van der Waals surface area contributed by atoms with Crippen LogP contribution in [0.4, 0.5) is 0 Å². The Bertz CT molecular complexity index is 417. The number of H-pyrrole nitrogens is 1. The molecular formula is C11H10IN2. The maximum atomic E-state index is 4.42. The number of aromatic nitrogens is 2. The maximum absolute atomic E-state index is 4.42. The lowest BCUT2D eigenvalue weighted by Gasteiger charge is -1.95. The minimum absolute atomic E-state index is 0.915. The number of aromatic amines is 1. The molecule has 3 heteroatoms. The van der Waals surface area contributed by atoms with Crippen LogP contribution < -0.4 is 0 Å². The molecule has 2 nitrogen and oxygen atoms in total. The van der Waals surface area contributed by atoms with Gasteiger partial charge in [-0.1, -0.05) is 19.1 Å². The van der Waals surface area contributed by atoms with Crippen LogP contribution in [0.25, 0.3) is 11.3 Å². The minimum Gasteiger partial charge on any atom is -0.348 e. The van der Waals surface area contributed by atoms with E-state index < -0.39 is 0 Å². The highest BCUT2D eigenvalue weighted by atomic mass is 127. The third-order valence-electron chi connectivity index (χ3n) is 2.01. The lowest BCUT2D eigenvalue weighted by molar-refractivity contribution is 1.16. The molecule has 0 atom stereocenters. The number of nitrogens with one attached hydrogen (secondary N) is 1. The van der Waals surface area contributed by atoms with Crippen molar-refractivity contribution in [1.82, 2.24) is 9.97 Å². The number of benzene rings is 1. The summed E-state index contributed by atoms with van der Waals surface area (Å²) in [7, 11) is 0. The zero-order chi connectivity index (χ0) is 9.97. The Balaban J connectivity index is 2.34. The van der Waals surface area contributed by atoms with E-state index in [4.69, 9.17) is 0 Å². The average Bonchev–Trinajstić information content (AvgIpc) is 2.67. The number of halogens is 1. The topological polar surface area (TPSA) is 28.7 Å². The van der Waals surface area contributed by atoms with Crippen molar-refractivity contribution >= 4 is 22.6 Å². The Labute approximate surface area is 96.9 Å². The highest BCUT2D eigenvalue weighted by Gasteiger charge is 2.01. The number of nitrogens with zero attached hydrogens (tertiary/aromatic N) is 1. The first-order valence-corrected chi connectivity index (χ1v) is 5.48. The van der Waals surface area contributed by atoms with Crippen LogP contribution in [0.3, 0.4) is 0 Å². The molecule has 1 heterocycles. The van der Waals surface area contributed by atoms with E-state index in [1.165, 1.54) is 3.57 Å². The number of hydrogen-bond acceptors (Lipinski definition) is 1. The van der Waals surface area contributed by atoms with Crippen LogP contribution in [0.2, 0.25) is 0 Å². The van der Waals surface area contributed by atoms with Gasteiger partial charge in [0.05, 0.1) is 5.69 Å². The van der Waals surface area contributed by atoms with E-state index in [1.807, 2.05) is 19.5 Å². The molecular weight excluding hydrogens is 287 g/mol. The Morgan fingerprint density at radius 2 is 2.00 bits per heavy atom. The molecule has 0 saturated carbocycles. The van der Waals surface area contributed by atoms with Gasteiger partial charge in [0.25, 0.3) is 0 Å². The van der Waals surface area contributed by atoms with Gasteiger partial charge in [-0.25, -0.2) is 4.98 Å². The molecule has 1 aromatic heterocycles. The van der Waals surface area contributed by atoms with Crippen LogP contribution in [-0.4, -0.2) is 9.97 Å². The van der Waals surface area contributed by atoms with E-state index in [9.17, 15) is 0 Å². The SMILES string of the molecule is C[CH]c1nc(-c2ccc(I)cc2)c[nH]1. The summed E-state index contributed by atoms with van der Waals surface area (Å²) in [6.45, 7) is 1.97. The number of imidazole rings is 1. The molecule has 1 N–H and O–H groups in total. The van der Waals surface area contributed by atoms with Gasteiger partial charge in [-0.05, 0) is 34.7 Å². The molecule has 14 heavy (non-hydrogen) atoms. The van der Waals surface area contributed by atoms with Crippen molar-refractivity contribution in [2.24, 2.45) is 0 Å². The third-order valence-corrected chi connectivity index (χ3v) is 2.73. The summed E-state index contributed by atoms with van der Waals surface area (Å²) in [5.41, 5.74) is 2.14. The van der Waals surface area contributed by atoms with Crippen molar-refractivity contribution in [3.05, 3.63) is 46.3 Å². The molecule has 2 rings (SSSR count). The Morgan fingerprint density at radius 1 is 1.29 bits per heavy atom. The Morgan fingerprint density at radius 3 is 2.57 bits per heavy atom. The van der Waals surface area contributed by atoms with Crippen LogP contribution in [0.1, 0.15) is 12.7 Å². The van der Waals surface area contributed by atoms with E-state index in [0.717, 1.165) is 17.1 Å². The third kappa shape index (κ3) is 1.97. The summed E-state index contributed by atoms with van der Waals surface area (Å²) in [6.07, 6.45) is 3.88. The van der Waals surface area contributed by atoms with Crippen LogP contribution in [0.5, 0.6) is 0 Å². The largest absolute Gasteiger partial charge is 0.348 e. The van der Waals surface area contributed by atoms with Gasteiger partial charge in [-0.3, -0.25) is 0 Å². The molecule has 0 bridgehead atoms. The van der Waals surface area contributed by atoms with Gasteiger partial charge in [0.2, 0.25) is 0 Å². The fourth-order valence-corrected chi connectivity index (χ4v) is 1.61. The maximum Gasteiger partial charge on any atom is 0.110 e. The molecule has 0 saturated heterocycles. The number of rotatable bonds is 2. The van der Waals surface area contributed by atoms with Gasteiger partial charge in [0, 0.05) is 21.8 Å². The summed E-state index contributed by atoms with van der Waals surface area (Å²) in [5.74, 6) is 0.915. The first kappa shape index (κ1) is 9.71. The quantitative estimate of drug-likeness (QED) is 0.847. The highest BCUT2D eigenvalue weighted by molar-refractivity contribution is 14.1. The van der Waals surface area contributed by atoms with Gasteiger partial charge in [-0.2, -0.15) is 0 Å². The molecule has 0 aliphatic heterocycles. The summed E-state index contributed by atoms with van der Waals surface area (Å²) in [6, 6.07) is 8.33. The standard InChI is InChI=1S/C11H10IN2/c1-2-11-13-7-10(14-11)8-3-5-9(12)6-4-8/h2-7H,1H3,(H,13,14). The zero-order valence-electron chi connectivity index (χ0n) is 7.79. The van der Waals surface area contributed by atoms with Gasteiger partial charge < -0.3 is 4.98 Å². The van der Waals surface area contributed by atoms with Gasteiger partial charge in [0.15, 0.2) is 0 Å². The van der Waals surface area contributed by atoms with Crippen molar-refractivity contribution in [2.75, 3.05) is 0 Å². The van der Waals surface area contributed by atoms with Crippen LogP contribution in [0, 0.1) is 9.99 Å². The summed E-state index contributed by atoms with van der Waals surface area (Å²) in [5, 5.41) is 0. The smallest absolute Gasteiger partial charge is 0.110 e. The van der Waals surface area contributed by atoms with Crippen molar-refractivity contribution in [1.29, 1.82) is 0 Å². The van der Waals surface area contributed by atoms with Gasteiger partial charge in [0.1, 0.15) is 5.82 Å². The predicted octanol–water partition coefficient (Wildman–Crippen LogP) is 3.25. The second-order valence-electron chi connectivity index (χ2n) is 2.97. The lowest BCUT2D eigenvalue weighted by atomic mass is 10.2. The molecule has 0 aliphatic rings. The second kappa shape index (κ2) is 4.13. The lowest BCUT2D eigenvalue weighted by Crippen LogP contribution is -1.80. The van der Waals surface area contributed by atoms with Crippen molar-refractivity contribution in [3.63, 3.8) is 0 Å². The molecule has 0 aliphatic carbocycles. The monoisotopic (exact) mass is 297 g/mol. The molecule has 0 fully saturated rings. The van der Waals surface area contributed by atoms with Gasteiger partial charge in [-0.15, -0.1) is 0 Å². The molecule has 1 radical (unpaired) electrons. The zero-order valence-corrected chi connectivity index (χ0v) is 9.95. The van der Waals surface area contributed by atoms with Crippen molar-refractivity contribution in [2.45, 2.75) is 6.92 Å². The van der Waals surface area contributed by atoms with Crippen molar-refractivity contribution in [3.8, 4) is 11.3 Å². The molecule has 0 amide bonds. The van der Waals surface area contributed by atoms with E-state index in [-0.39, 0.29) is 0 Å². The molecule has 0 unspecified atom stereocenters. The van der Waals surface area contributed by atoms with E-state index in [1.54, 1.807) is 0 Å². The first-order valence-electron chi connectivity index (χ1n) is 4.40. The summed E-state index contributed by atoms with van der Waals surface area (Å²) < 4.78 is 1.24. The summed E-state index contributed by atoms with van der Waals surface area (Å²) in [4.78, 5) is 7.52. The molecule has 2 aromatic rings. The molecule has 1 aromatic carbocycles. The predicted molar refractivity (Wildman–Crippen MR) is 65.8 cm³/mol. The van der Waals surface area contributed by atoms with Crippen LogP contribution in [0.15, 0.2) is 30.5 Å². The minimum atomic E-state index is 0.915. The molecule has 0 spiro atoms. The second-order valence-corrected chi connectivity index (χ2v) is 4.21. The van der Waals surface area contributed by atoms with E-state index in [2.05, 4.69) is 56.8 Å². The van der Waals surface area contributed by atoms with Gasteiger partial charge >= 0.3 is 0 Å². The van der Waals surface area contributed by atoms with E-state index >= 15 is 0 Å². The number of hydrogen-bond donors (Lipinski definition) is 1. The molecule has 71 valence electrons.